The number of halogens is 2. The predicted molar refractivity (Wildman–Crippen MR) is 79.7 cm³/mol. The topological polar surface area (TPSA) is 64.3 Å². The zero-order valence-electron chi connectivity index (χ0n) is 9.87. The third kappa shape index (κ3) is 2.64. The lowest BCUT2D eigenvalue weighted by Gasteiger charge is -2.25. The Bertz CT molecular complexity index is 483. The van der Waals surface area contributed by atoms with E-state index in [1.54, 1.807) is 19.1 Å². The molecule has 1 aromatic carbocycles. The molecule has 1 saturated heterocycles. The molecule has 98 valence electrons. The fraction of sp³-hybridized carbons (Fsp3) is 0.417. The second-order valence-corrected chi connectivity index (χ2v) is 6.27. The van der Waals surface area contributed by atoms with Gasteiger partial charge in [0, 0.05) is 9.61 Å². The molecular formula is C12H14ClIN2O2. The fourth-order valence-electron chi connectivity index (χ4n) is 1.78. The van der Waals surface area contributed by atoms with E-state index in [1.165, 1.54) is 0 Å². The number of nitrogens with one attached hydrogen (secondary N) is 1. The molecule has 2 atom stereocenters. The smallest absolute Gasteiger partial charge is 0.234 e. The molecule has 1 fully saturated rings. The standard InChI is InChI=1S/C12H14ClIN2O2/c1-12(6-18-5-10(12)15)11(17)16-9-3-2-7(14)4-8(9)13/h2-4,10H,5-6,15H2,1H3,(H,16,17). The van der Waals surface area contributed by atoms with Crippen LogP contribution in [0.1, 0.15) is 6.92 Å². The van der Waals surface area contributed by atoms with E-state index in [9.17, 15) is 4.79 Å². The van der Waals surface area contributed by atoms with Crippen molar-refractivity contribution in [2.24, 2.45) is 11.1 Å². The molecule has 1 heterocycles. The van der Waals surface area contributed by atoms with Gasteiger partial charge in [0.05, 0.1) is 29.3 Å². The number of amides is 1. The minimum absolute atomic E-state index is 0.157. The first-order chi connectivity index (χ1) is 8.43. The highest BCUT2D eigenvalue weighted by Gasteiger charge is 2.44. The summed E-state index contributed by atoms with van der Waals surface area (Å²) < 4.78 is 6.28. The number of benzene rings is 1. The van der Waals surface area contributed by atoms with Crippen molar-refractivity contribution in [1.29, 1.82) is 0 Å². The Morgan fingerprint density at radius 2 is 2.39 bits per heavy atom. The van der Waals surface area contributed by atoms with Crippen LogP contribution in [0.15, 0.2) is 18.2 Å². The van der Waals surface area contributed by atoms with E-state index in [1.807, 2.05) is 6.07 Å². The summed E-state index contributed by atoms with van der Waals surface area (Å²) in [6.07, 6.45) is 0. The second kappa shape index (κ2) is 5.32. The monoisotopic (exact) mass is 380 g/mol. The lowest BCUT2D eigenvalue weighted by atomic mass is 9.85. The van der Waals surface area contributed by atoms with E-state index in [0.29, 0.717) is 23.9 Å². The van der Waals surface area contributed by atoms with Crippen molar-refractivity contribution in [3.05, 3.63) is 26.8 Å². The van der Waals surface area contributed by atoms with E-state index >= 15 is 0 Å². The van der Waals surface area contributed by atoms with Crippen LogP contribution in [0.4, 0.5) is 5.69 Å². The van der Waals surface area contributed by atoms with Gasteiger partial charge in [0.25, 0.3) is 0 Å². The molecule has 0 aliphatic carbocycles. The highest BCUT2D eigenvalue weighted by atomic mass is 127. The molecule has 1 aliphatic rings. The minimum Gasteiger partial charge on any atom is -0.379 e. The summed E-state index contributed by atoms with van der Waals surface area (Å²) in [4.78, 5) is 12.3. The first-order valence-electron chi connectivity index (χ1n) is 5.53. The second-order valence-electron chi connectivity index (χ2n) is 4.62. The maximum atomic E-state index is 12.3. The van der Waals surface area contributed by atoms with Crippen LogP contribution < -0.4 is 11.1 Å². The quantitative estimate of drug-likeness (QED) is 0.774. The number of nitrogens with two attached hydrogens (primary N) is 1. The minimum atomic E-state index is -0.702. The van der Waals surface area contributed by atoms with Crippen LogP contribution >= 0.6 is 34.2 Å². The Labute approximate surface area is 124 Å². The Morgan fingerprint density at radius 3 is 2.94 bits per heavy atom. The molecule has 2 unspecified atom stereocenters. The highest BCUT2D eigenvalue weighted by Crippen LogP contribution is 2.31. The van der Waals surface area contributed by atoms with Gasteiger partial charge in [-0.2, -0.15) is 0 Å². The molecule has 0 saturated carbocycles. The third-order valence-corrected chi connectivity index (χ3v) is 4.20. The highest BCUT2D eigenvalue weighted by molar-refractivity contribution is 14.1. The number of rotatable bonds is 2. The zero-order chi connectivity index (χ0) is 13.3. The number of anilines is 1. The number of ether oxygens (including phenoxy) is 1. The summed E-state index contributed by atoms with van der Waals surface area (Å²) in [5.74, 6) is -0.157. The van der Waals surface area contributed by atoms with Gasteiger partial charge in [-0.05, 0) is 47.7 Å². The van der Waals surface area contributed by atoms with E-state index < -0.39 is 5.41 Å². The molecule has 4 nitrogen and oxygen atoms in total. The first-order valence-corrected chi connectivity index (χ1v) is 6.99. The van der Waals surface area contributed by atoms with Crippen molar-refractivity contribution < 1.29 is 9.53 Å². The first kappa shape index (κ1) is 14.0. The van der Waals surface area contributed by atoms with Crippen molar-refractivity contribution in [2.45, 2.75) is 13.0 Å². The largest absolute Gasteiger partial charge is 0.379 e. The number of hydrogen-bond acceptors (Lipinski definition) is 3. The van der Waals surface area contributed by atoms with Gasteiger partial charge in [-0.3, -0.25) is 4.79 Å². The molecule has 2 rings (SSSR count). The summed E-state index contributed by atoms with van der Waals surface area (Å²) >= 11 is 8.24. The zero-order valence-corrected chi connectivity index (χ0v) is 12.8. The average Bonchev–Trinajstić information content (AvgIpc) is 2.64. The number of carbonyl (C=O) groups is 1. The van der Waals surface area contributed by atoms with E-state index in [-0.39, 0.29) is 11.9 Å². The maximum absolute atomic E-state index is 12.3. The van der Waals surface area contributed by atoms with Gasteiger partial charge in [-0.15, -0.1) is 0 Å². The molecular weight excluding hydrogens is 367 g/mol. The summed E-state index contributed by atoms with van der Waals surface area (Å²) in [5, 5.41) is 3.34. The lowest BCUT2D eigenvalue weighted by molar-refractivity contribution is -0.125. The molecule has 1 aliphatic heterocycles. The molecule has 1 aromatic rings. The molecule has 0 spiro atoms. The molecule has 0 aromatic heterocycles. The van der Waals surface area contributed by atoms with Crippen molar-refractivity contribution in [2.75, 3.05) is 18.5 Å². The van der Waals surface area contributed by atoms with Crippen LogP contribution in [0.25, 0.3) is 0 Å². The van der Waals surface area contributed by atoms with E-state index in [2.05, 4.69) is 27.9 Å². The number of carbonyl (C=O) groups excluding carboxylic acids is 1. The normalized spacial score (nSPS) is 27.2. The Kier molecular flexibility index (Phi) is 4.15. The van der Waals surface area contributed by atoms with Gasteiger partial charge in [0.2, 0.25) is 5.91 Å². The van der Waals surface area contributed by atoms with Crippen LogP contribution in [0.5, 0.6) is 0 Å². The molecule has 3 N–H and O–H groups in total. The Balaban J connectivity index is 2.16. The third-order valence-electron chi connectivity index (χ3n) is 3.22. The molecule has 18 heavy (non-hydrogen) atoms. The number of hydrogen-bond donors (Lipinski definition) is 2. The van der Waals surface area contributed by atoms with Gasteiger partial charge >= 0.3 is 0 Å². The van der Waals surface area contributed by atoms with Crippen molar-refractivity contribution in [1.82, 2.24) is 0 Å². The summed E-state index contributed by atoms with van der Waals surface area (Å²) in [6.45, 7) is 2.55. The van der Waals surface area contributed by atoms with Crippen LogP contribution in [0.2, 0.25) is 5.02 Å². The molecule has 1 amide bonds. The average molecular weight is 381 g/mol. The Morgan fingerprint density at radius 1 is 1.67 bits per heavy atom. The van der Waals surface area contributed by atoms with Crippen LogP contribution in [0, 0.1) is 8.99 Å². The predicted octanol–water partition coefficient (Wildman–Crippen LogP) is 2.25. The summed E-state index contributed by atoms with van der Waals surface area (Å²) in [7, 11) is 0. The van der Waals surface area contributed by atoms with E-state index in [4.69, 9.17) is 22.1 Å². The fourth-order valence-corrected chi connectivity index (χ4v) is 2.68. The molecule has 0 radical (unpaired) electrons. The van der Waals surface area contributed by atoms with Gasteiger partial charge in [-0.1, -0.05) is 11.6 Å². The van der Waals surface area contributed by atoms with Crippen molar-refractivity contribution in [3.63, 3.8) is 0 Å². The van der Waals surface area contributed by atoms with E-state index in [0.717, 1.165) is 3.57 Å². The van der Waals surface area contributed by atoms with Gasteiger partial charge in [0.15, 0.2) is 0 Å². The van der Waals surface area contributed by atoms with Gasteiger partial charge in [-0.25, -0.2) is 0 Å². The summed E-state index contributed by atoms with van der Waals surface area (Å²) in [6, 6.07) is 5.17. The molecule has 0 bridgehead atoms. The van der Waals surface area contributed by atoms with Gasteiger partial charge in [0.1, 0.15) is 0 Å². The summed E-state index contributed by atoms with van der Waals surface area (Å²) in [5.41, 5.74) is 5.81. The SMILES string of the molecule is CC1(C(=O)Nc2ccc(I)cc2Cl)COCC1N. The van der Waals surface area contributed by atoms with Crippen molar-refractivity contribution >= 4 is 45.8 Å². The van der Waals surface area contributed by atoms with Gasteiger partial charge < -0.3 is 15.8 Å². The molecule has 6 heteroatoms. The van der Waals surface area contributed by atoms with Crippen LogP contribution in [-0.4, -0.2) is 25.2 Å². The lowest BCUT2D eigenvalue weighted by Crippen LogP contribution is -2.47. The van der Waals surface area contributed by atoms with Crippen LogP contribution in [-0.2, 0) is 9.53 Å². The van der Waals surface area contributed by atoms with Crippen molar-refractivity contribution in [3.8, 4) is 0 Å². The Hall–Kier alpha value is -0.370. The maximum Gasteiger partial charge on any atom is 0.234 e. The van der Waals surface area contributed by atoms with Crippen LogP contribution in [0.3, 0.4) is 0 Å².